The molecule has 3 heteroatoms. The Morgan fingerprint density at radius 2 is 2.12 bits per heavy atom. The van der Waals surface area contributed by atoms with E-state index in [9.17, 15) is 0 Å². The van der Waals surface area contributed by atoms with Gasteiger partial charge in [-0.05, 0) is 38.6 Å². The van der Waals surface area contributed by atoms with Crippen LogP contribution in [0.25, 0.3) is 0 Å². The summed E-state index contributed by atoms with van der Waals surface area (Å²) in [6.07, 6.45) is 9.43. The van der Waals surface area contributed by atoms with E-state index in [2.05, 4.69) is 42.0 Å². The third-order valence-corrected chi connectivity index (χ3v) is 4.21. The van der Waals surface area contributed by atoms with E-state index in [0.29, 0.717) is 6.04 Å². The lowest BCUT2D eigenvalue weighted by Gasteiger charge is -2.32. The Bertz CT molecular complexity index is 337. The van der Waals surface area contributed by atoms with E-state index < -0.39 is 0 Å². The molecule has 96 valence electrons. The Kier molecular flexibility index (Phi) is 4.21. The highest BCUT2D eigenvalue weighted by Gasteiger charge is 2.28. The number of hydrogen-bond acceptors (Lipinski definition) is 2. The van der Waals surface area contributed by atoms with Crippen molar-refractivity contribution in [3.05, 3.63) is 18.2 Å². The predicted molar refractivity (Wildman–Crippen MR) is 70.8 cm³/mol. The maximum atomic E-state index is 4.55. The number of rotatable bonds is 4. The molecule has 1 N–H and O–H groups in total. The van der Waals surface area contributed by atoms with Gasteiger partial charge in [-0.2, -0.15) is 0 Å². The molecule has 1 aromatic rings. The molecule has 2 rings (SSSR count). The van der Waals surface area contributed by atoms with Crippen molar-refractivity contribution in [1.29, 1.82) is 0 Å². The average molecular weight is 235 g/mol. The van der Waals surface area contributed by atoms with Gasteiger partial charge >= 0.3 is 0 Å². The first-order valence-electron chi connectivity index (χ1n) is 6.94. The third-order valence-electron chi connectivity index (χ3n) is 4.21. The SMILES string of the molecule is CCn1ccnc1C(NC)C1CCC(C)CC1. The standard InChI is InChI=1S/C14H25N3/c1-4-17-10-9-16-14(17)13(15-3)12-7-5-11(2)6-8-12/h9-13,15H,4-8H2,1-3H3. The van der Waals surface area contributed by atoms with Crippen LogP contribution in [0.5, 0.6) is 0 Å². The molecule has 1 aliphatic rings. The maximum absolute atomic E-state index is 4.55. The number of aryl methyl sites for hydroxylation is 1. The molecule has 0 spiro atoms. The van der Waals surface area contributed by atoms with E-state index in [1.165, 1.54) is 31.5 Å². The topological polar surface area (TPSA) is 29.9 Å². The molecule has 1 unspecified atom stereocenters. The molecule has 1 heterocycles. The van der Waals surface area contributed by atoms with Gasteiger partial charge in [-0.25, -0.2) is 4.98 Å². The van der Waals surface area contributed by atoms with Crippen molar-refractivity contribution in [3.63, 3.8) is 0 Å². The second-order valence-electron chi connectivity index (χ2n) is 5.36. The molecule has 0 aromatic carbocycles. The van der Waals surface area contributed by atoms with E-state index >= 15 is 0 Å². The largest absolute Gasteiger partial charge is 0.334 e. The van der Waals surface area contributed by atoms with E-state index in [0.717, 1.165) is 18.4 Å². The van der Waals surface area contributed by atoms with Crippen molar-refractivity contribution in [2.24, 2.45) is 11.8 Å². The summed E-state index contributed by atoms with van der Waals surface area (Å²) in [6.45, 7) is 5.56. The van der Waals surface area contributed by atoms with Gasteiger partial charge in [-0.1, -0.05) is 19.8 Å². The molecule has 0 radical (unpaired) electrons. The summed E-state index contributed by atoms with van der Waals surface area (Å²) >= 11 is 0. The average Bonchev–Trinajstić information content (AvgIpc) is 2.81. The van der Waals surface area contributed by atoms with Gasteiger partial charge in [0.25, 0.3) is 0 Å². The van der Waals surface area contributed by atoms with Gasteiger partial charge in [0.05, 0.1) is 6.04 Å². The fourth-order valence-corrected chi connectivity index (χ4v) is 3.06. The number of nitrogens with zero attached hydrogens (tertiary/aromatic N) is 2. The van der Waals surface area contributed by atoms with Gasteiger partial charge in [0, 0.05) is 18.9 Å². The Hall–Kier alpha value is -0.830. The molecule has 1 saturated carbocycles. The highest BCUT2D eigenvalue weighted by Crippen LogP contribution is 2.36. The molecule has 0 saturated heterocycles. The first-order valence-corrected chi connectivity index (χ1v) is 6.94. The molecule has 1 fully saturated rings. The number of aromatic nitrogens is 2. The van der Waals surface area contributed by atoms with Crippen LogP contribution in [0.1, 0.15) is 51.4 Å². The third kappa shape index (κ3) is 2.71. The zero-order chi connectivity index (χ0) is 12.3. The van der Waals surface area contributed by atoms with Crippen LogP contribution in [0.2, 0.25) is 0 Å². The number of hydrogen-bond donors (Lipinski definition) is 1. The minimum absolute atomic E-state index is 0.428. The molecule has 0 amide bonds. The first kappa shape index (κ1) is 12.6. The number of imidazole rings is 1. The quantitative estimate of drug-likeness (QED) is 0.869. The van der Waals surface area contributed by atoms with Crippen molar-refractivity contribution in [2.45, 2.75) is 52.1 Å². The summed E-state index contributed by atoms with van der Waals surface area (Å²) < 4.78 is 2.26. The first-order chi connectivity index (χ1) is 8.26. The van der Waals surface area contributed by atoms with E-state index in [-0.39, 0.29) is 0 Å². The van der Waals surface area contributed by atoms with Crippen LogP contribution in [0, 0.1) is 11.8 Å². The zero-order valence-corrected chi connectivity index (χ0v) is 11.3. The van der Waals surface area contributed by atoms with Crippen LogP contribution in [-0.2, 0) is 6.54 Å². The smallest absolute Gasteiger partial charge is 0.126 e. The lowest BCUT2D eigenvalue weighted by Crippen LogP contribution is -2.30. The summed E-state index contributed by atoms with van der Waals surface area (Å²) in [4.78, 5) is 4.55. The van der Waals surface area contributed by atoms with Gasteiger partial charge < -0.3 is 9.88 Å². The monoisotopic (exact) mass is 235 g/mol. The molecule has 1 aromatic heterocycles. The molecular weight excluding hydrogens is 210 g/mol. The lowest BCUT2D eigenvalue weighted by molar-refractivity contribution is 0.229. The summed E-state index contributed by atoms with van der Waals surface area (Å²) in [7, 11) is 2.07. The Balaban J connectivity index is 2.10. The molecule has 3 nitrogen and oxygen atoms in total. The summed E-state index contributed by atoms with van der Waals surface area (Å²) in [5, 5.41) is 3.48. The van der Waals surface area contributed by atoms with Crippen molar-refractivity contribution in [2.75, 3.05) is 7.05 Å². The van der Waals surface area contributed by atoms with Gasteiger partial charge in [0.1, 0.15) is 5.82 Å². The van der Waals surface area contributed by atoms with Crippen LogP contribution in [0.3, 0.4) is 0 Å². The van der Waals surface area contributed by atoms with Crippen molar-refractivity contribution < 1.29 is 0 Å². The Morgan fingerprint density at radius 1 is 1.41 bits per heavy atom. The Labute approximate surface area is 105 Å². The van der Waals surface area contributed by atoms with E-state index in [1.807, 2.05) is 6.20 Å². The molecule has 17 heavy (non-hydrogen) atoms. The highest BCUT2D eigenvalue weighted by molar-refractivity contribution is 5.02. The molecule has 1 aliphatic carbocycles. The molecule has 0 bridgehead atoms. The minimum atomic E-state index is 0.428. The highest BCUT2D eigenvalue weighted by atomic mass is 15.1. The lowest BCUT2D eigenvalue weighted by atomic mass is 9.79. The van der Waals surface area contributed by atoms with Crippen LogP contribution >= 0.6 is 0 Å². The molecular formula is C14H25N3. The maximum Gasteiger partial charge on any atom is 0.126 e. The van der Waals surface area contributed by atoms with Gasteiger partial charge in [-0.3, -0.25) is 0 Å². The van der Waals surface area contributed by atoms with E-state index in [4.69, 9.17) is 0 Å². The van der Waals surface area contributed by atoms with Crippen LogP contribution < -0.4 is 5.32 Å². The van der Waals surface area contributed by atoms with Crippen LogP contribution in [0.15, 0.2) is 12.4 Å². The normalized spacial score (nSPS) is 27.0. The fraction of sp³-hybridized carbons (Fsp3) is 0.786. The predicted octanol–water partition coefficient (Wildman–Crippen LogP) is 2.99. The van der Waals surface area contributed by atoms with Gasteiger partial charge in [-0.15, -0.1) is 0 Å². The number of nitrogens with one attached hydrogen (secondary N) is 1. The minimum Gasteiger partial charge on any atom is -0.334 e. The van der Waals surface area contributed by atoms with Crippen LogP contribution in [0.4, 0.5) is 0 Å². The fourth-order valence-electron chi connectivity index (χ4n) is 3.06. The van der Waals surface area contributed by atoms with Crippen molar-refractivity contribution >= 4 is 0 Å². The summed E-state index contributed by atoms with van der Waals surface area (Å²) in [6, 6.07) is 0.428. The van der Waals surface area contributed by atoms with Gasteiger partial charge in [0.15, 0.2) is 0 Å². The van der Waals surface area contributed by atoms with Crippen molar-refractivity contribution in [1.82, 2.24) is 14.9 Å². The second kappa shape index (κ2) is 5.67. The van der Waals surface area contributed by atoms with Crippen LogP contribution in [-0.4, -0.2) is 16.6 Å². The van der Waals surface area contributed by atoms with Crippen molar-refractivity contribution in [3.8, 4) is 0 Å². The summed E-state index contributed by atoms with van der Waals surface area (Å²) in [5.74, 6) is 2.88. The Morgan fingerprint density at radius 3 is 2.71 bits per heavy atom. The molecule has 1 atom stereocenters. The van der Waals surface area contributed by atoms with E-state index in [1.54, 1.807) is 0 Å². The molecule has 0 aliphatic heterocycles. The van der Waals surface area contributed by atoms with Gasteiger partial charge in [0.2, 0.25) is 0 Å². The second-order valence-corrected chi connectivity index (χ2v) is 5.36. The summed E-state index contributed by atoms with van der Waals surface area (Å²) in [5.41, 5.74) is 0. The zero-order valence-electron chi connectivity index (χ0n) is 11.3.